The Hall–Kier alpha value is -2.57. The average molecular weight is 282 g/mol. The van der Waals surface area contributed by atoms with Gasteiger partial charge in [0.05, 0.1) is 0 Å². The fraction of sp³-hybridized carbons (Fsp3) is 0.0769. The number of alkyl halides is 2. The Morgan fingerprint density at radius 3 is 2.45 bits per heavy atom. The van der Waals surface area contributed by atoms with Gasteiger partial charge in [0.2, 0.25) is 0 Å². The number of benzene rings is 2. The lowest BCUT2D eigenvalue weighted by atomic mass is 10.2. The van der Waals surface area contributed by atoms with Crippen LogP contribution in [0.4, 0.5) is 30.2 Å². The van der Waals surface area contributed by atoms with E-state index in [1.807, 2.05) is 0 Å². The first-order chi connectivity index (χ1) is 9.41. The third-order valence-electron chi connectivity index (χ3n) is 2.61. The van der Waals surface area contributed by atoms with Gasteiger partial charge in [0, 0.05) is 23.1 Å². The summed E-state index contributed by atoms with van der Waals surface area (Å²) in [5, 5.41) is 2.84. The minimum absolute atomic E-state index is 0.0562. The van der Waals surface area contributed by atoms with Gasteiger partial charge >= 0.3 is 6.29 Å². The van der Waals surface area contributed by atoms with Crippen molar-refractivity contribution in [3.05, 3.63) is 42.2 Å². The van der Waals surface area contributed by atoms with Crippen molar-refractivity contribution in [3.63, 3.8) is 0 Å². The van der Waals surface area contributed by atoms with Crippen LogP contribution in [0.2, 0.25) is 0 Å². The van der Waals surface area contributed by atoms with Crippen LogP contribution in [0.3, 0.4) is 0 Å². The van der Waals surface area contributed by atoms with Gasteiger partial charge in [-0.15, -0.1) is 8.78 Å². The molecule has 7 heteroatoms. The van der Waals surface area contributed by atoms with E-state index in [1.54, 1.807) is 0 Å². The number of hydrogen-bond acceptors (Lipinski definition) is 4. The van der Waals surface area contributed by atoms with Crippen molar-refractivity contribution in [2.24, 2.45) is 0 Å². The normalized spacial score (nSPS) is 15.2. The van der Waals surface area contributed by atoms with E-state index in [-0.39, 0.29) is 17.2 Å². The van der Waals surface area contributed by atoms with Gasteiger partial charge in [0.25, 0.3) is 0 Å². The summed E-state index contributed by atoms with van der Waals surface area (Å²) in [6, 6.07) is 8.09. The molecular formula is C13H9F3N2O2. The zero-order valence-corrected chi connectivity index (χ0v) is 9.99. The lowest BCUT2D eigenvalue weighted by Crippen LogP contribution is -2.25. The molecule has 0 amide bonds. The zero-order valence-electron chi connectivity index (χ0n) is 9.99. The number of nitrogen functional groups attached to an aromatic ring is 1. The molecule has 3 rings (SSSR count). The molecule has 4 nitrogen and oxygen atoms in total. The predicted octanol–water partition coefficient (Wildman–Crippen LogP) is 3.47. The number of anilines is 3. The fourth-order valence-electron chi connectivity index (χ4n) is 1.88. The molecule has 20 heavy (non-hydrogen) atoms. The first-order valence-corrected chi connectivity index (χ1v) is 5.64. The molecule has 3 N–H and O–H groups in total. The molecule has 1 heterocycles. The van der Waals surface area contributed by atoms with Crippen molar-refractivity contribution in [1.82, 2.24) is 0 Å². The minimum atomic E-state index is -3.66. The summed E-state index contributed by atoms with van der Waals surface area (Å²) in [6.45, 7) is 0. The highest BCUT2D eigenvalue weighted by Gasteiger charge is 2.43. The highest BCUT2D eigenvalue weighted by molar-refractivity contribution is 5.66. The van der Waals surface area contributed by atoms with E-state index in [9.17, 15) is 13.2 Å². The second-order valence-electron chi connectivity index (χ2n) is 4.23. The Kier molecular flexibility index (Phi) is 2.63. The average Bonchev–Trinajstić information content (AvgIpc) is 2.60. The Balaban J connectivity index is 1.86. The molecule has 0 atom stereocenters. The van der Waals surface area contributed by atoms with Gasteiger partial charge in [0.1, 0.15) is 5.82 Å². The molecule has 0 saturated carbocycles. The van der Waals surface area contributed by atoms with E-state index in [0.717, 1.165) is 0 Å². The maximum absolute atomic E-state index is 13.2. The zero-order chi connectivity index (χ0) is 14.3. The Bertz CT molecular complexity index is 656. The SMILES string of the molecule is Nc1cc(F)cc(Nc2ccc3c(c2)OC(F)(F)O3)c1. The number of hydrogen-bond donors (Lipinski definition) is 2. The quantitative estimate of drug-likeness (QED) is 0.828. The largest absolute Gasteiger partial charge is 0.586 e. The summed E-state index contributed by atoms with van der Waals surface area (Å²) in [4.78, 5) is 0. The number of halogens is 3. The van der Waals surface area contributed by atoms with Gasteiger partial charge in [-0.3, -0.25) is 0 Å². The molecule has 2 aromatic carbocycles. The van der Waals surface area contributed by atoms with Crippen LogP contribution in [0.15, 0.2) is 36.4 Å². The van der Waals surface area contributed by atoms with E-state index in [0.29, 0.717) is 11.4 Å². The number of fused-ring (bicyclic) bond motifs is 1. The van der Waals surface area contributed by atoms with Crippen LogP contribution in [-0.4, -0.2) is 6.29 Å². The molecule has 1 aliphatic rings. The first-order valence-electron chi connectivity index (χ1n) is 5.64. The van der Waals surface area contributed by atoms with Crippen LogP contribution >= 0.6 is 0 Å². The lowest BCUT2D eigenvalue weighted by Gasteiger charge is -2.08. The summed E-state index contributed by atoms with van der Waals surface area (Å²) in [5.41, 5.74) is 6.60. The molecule has 0 radical (unpaired) electrons. The second kappa shape index (κ2) is 4.22. The predicted molar refractivity (Wildman–Crippen MR) is 66.7 cm³/mol. The van der Waals surface area contributed by atoms with Crippen LogP contribution in [-0.2, 0) is 0 Å². The molecule has 0 fully saturated rings. The van der Waals surface area contributed by atoms with Crippen molar-refractivity contribution < 1.29 is 22.6 Å². The van der Waals surface area contributed by atoms with Gasteiger partial charge in [-0.1, -0.05) is 0 Å². The minimum Gasteiger partial charge on any atom is -0.399 e. The van der Waals surface area contributed by atoms with E-state index < -0.39 is 12.1 Å². The van der Waals surface area contributed by atoms with E-state index >= 15 is 0 Å². The van der Waals surface area contributed by atoms with E-state index in [4.69, 9.17) is 5.73 Å². The molecule has 0 saturated heterocycles. The van der Waals surface area contributed by atoms with E-state index in [2.05, 4.69) is 14.8 Å². The van der Waals surface area contributed by atoms with Crippen LogP contribution in [0.1, 0.15) is 0 Å². The molecule has 1 aliphatic heterocycles. The smallest absolute Gasteiger partial charge is 0.399 e. The monoisotopic (exact) mass is 282 g/mol. The summed E-state index contributed by atoms with van der Waals surface area (Å²) >= 11 is 0. The van der Waals surface area contributed by atoms with Crippen molar-refractivity contribution in [2.45, 2.75) is 6.29 Å². The van der Waals surface area contributed by atoms with Gasteiger partial charge in [0.15, 0.2) is 11.5 Å². The Labute approximate surface area is 111 Å². The number of rotatable bonds is 2. The Morgan fingerprint density at radius 1 is 0.950 bits per heavy atom. The van der Waals surface area contributed by atoms with Crippen LogP contribution < -0.4 is 20.5 Å². The van der Waals surface area contributed by atoms with Gasteiger partial charge in [-0.05, 0) is 30.3 Å². The lowest BCUT2D eigenvalue weighted by molar-refractivity contribution is -0.286. The third kappa shape index (κ3) is 2.42. The Morgan fingerprint density at radius 2 is 1.70 bits per heavy atom. The van der Waals surface area contributed by atoms with Crippen molar-refractivity contribution >= 4 is 17.1 Å². The maximum Gasteiger partial charge on any atom is 0.586 e. The van der Waals surface area contributed by atoms with Gasteiger partial charge in [-0.2, -0.15) is 0 Å². The molecule has 0 unspecified atom stereocenters. The molecule has 0 spiro atoms. The number of ether oxygens (including phenoxy) is 2. The molecule has 0 bridgehead atoms. The molecule has 104 valence electrons. The molecule has 2 aromatic rings. The van der Waals surface area contributed by atoms with Crippen LogP contribution in [0.25, 0.3) is 0 Å². The van der Waals surface area contributed by atoms with Crippen molar-refractivity contribution in [2.75, 3.05) is 11.1 Å². The van der Waals surface area contributed by atoms with Crippen LogP contribution in [0.5, 0.6) is 11.5 Å². The van der Waals surface area contributed by atoms with E-state index in [1.165, 1.54) is 36.4 Å². The fourth-order valence-corrected chi connectivity index (χ4v) is 1.88. The summed E-state index contributed by atoms with van der Waals surface area (Å²) in [5.74, 6) is -0.650. The highest BCUT2D eigenvalue weighted by atomic mass is 19.3. The highest BCUT2D eigenvalue weighted by Crippen LogP contribution is 2.42. The molecular weight excluding hydrogens is 273 g/mol. The van der Waals surface area contributed by atoms with Crippen molar-refractivity contribution in [1.29, 1.82) is 0 Å². The topological polar surface area (TPSA) is 56.5 Å². The maximum atomic E-state index is 13.2. The second-order valence-corrected chi connectivity index (χ2v) is 4.23. The van der Waals surface area contributed by atoms with Gasteiger partial charge < -0.3 is 20.5 Å². The standard InChI is InChI=1S/C13H9F3N2O2/c14-7-3-8(17)5-10(4-7)18-9-1-2-11-12(6-9)20-13(15,16)19-11/h1-6,18H,17H2. The third-order valence-corrected chi connectivity index (χ3v) is 2.61. The molecule has 0 aliphatic carbocycles. The number of nitrogens with two attached hydrogens (primary N) is 1. The summed E-state index contributed by atoms with van der Waals surface area (Å²) in [6.07, 6.45) is -3.66. The summed E-state index contributed by atoms with van der Waals surface area (Å²) < 4.78 is 47.5. The number of nitrogens with one attached hydrogen (secondary N) is 1. The van der Waals surface area contributed by atoms with Crippen LogP contribution in [0, 0.1) is 5.82 Å². The van der Waals surface area contributed by atoms with Gasteiger partial charge in [-0.25, -0.2) is 4.39 Å². The molecule has 0 aromatic heterocycles. The first kappa shape index (κ1) is 12.5. The van der Waals surface area contributed by atoms with Crippen molar-refractivity contribution in [3.8, 4) is 11.5 Å². The summed E-state index contributed by atoms with van der Waals surface area (Å²) in [7, 11) is 0.